The zero-order valence-corrected chi connectivity index (χ0v) is 10.4. The van der Waals surface area contributed by atoms with Crippen LogP contribution in [0.4, 0.5) is 5.69 Å². The number of benzene rings is 1. The molecule has 1 aromatic carbocycles. The van der Waals surface area contributed by atoms with E-state index >= 15 is 0 Å². The van der Waals surface area contributed by atoms with Gasteiger partial charge in [0.25, 0.3) is 5.91 Å². The third-order valence-corrected chi connectivity index (χ3v) is 3.10. The number of hydrogen-bond acceptors (Lipinski definition) is 4. The molecular formula is C13H16N2O3. The van der Waals surface area contributed by atoms with Gasteiger partial charge < -0.3 is 15.8 Å². The van der Waals surface area contributed by atoms with Crippen LogP contribution in [0.15, 0.2) is 12.1 Å². The summed E-state index contributed by atoms with van der Waals surface area (Å²) < 4.78 is 4.80. The lowest BCUT2D eigenvalue weighted by Gasteiger charge is -2.11. The zero-order valence-electron chi connectivity index (χ0n) is 10.4. The van der Waals surface area contributed by atoms with Crippen molar-refractivity contribution in [2.24, 2.45) is 0 Å². The standard InChI is InChI=1S/C13H16N2O3/c1-7-5-9(6-8(2)11(7)14)12(16)15-10-3-4-18-13(10)17/h5-6,10H,3-4,14H2,1-2H3,(H,15,16). The number of anilines is 1. The van der Waals surface area contributed by atoms with Crippen LogP contribution in [0.3, 0.4) is 0 Å². The van der Waals surface area contributed by atoms with Crippen LogP contribution in [0.1, 0.15) is 27.9 Å². The Hall–Kier alpha value is -2.04. The molecule has 1 aliphatic heterocycles. The van der Waals surface area contributed by atoms with Gasteiger partial charge in [-0.05, 0) is 37.1 Å². The van der Waals surface area contributed by atoms with Gasteiger partial charge in [0.2, 0.25) is 0 Å². The number of amides is 1. The predicted octanol–water partition coefficient (Wildman–Crippen LogP) is 0.931. The molecule has 5 nitrogen and oxygen atoms in total. The van der Waals surface area contributed by atoms with E-state index in [1.165, 1.54) is 0 Å². The first-order valence-electron chi connectivity index (χ1n) is 5.83. The fourth-order valence-electron chi connectivity index (χ4n) is 1.97. The Morgan fingerprint density at radius 1 is 1.39 bits per heavy atom. The molecule has 1 aromatic rings. The number of aryl methyl sites for hydroxylation is 2. The highest BCUT2D eigenvalue weighted by Crippen LogP contribution is 2.19. The van der Waals surface area contributed by atoms with E-state index in [4.69, 9.17) is 10.5 Å². The maximum Gasteiger partial charge on any atom is 0.328 e. The number of ether oxygens (including phenoxy) is 1. The highest BCUT2D eigenvalue weighted by Gasteiger charge is 2.28. The van der Waals surface area contributed by atoms with Crippen LogP contribution >= 0.6 is 0 Å². The molecule has 0 saturated carbocycles. The van der Waals surface area contributed by atoms with Crippen molar-refractivity contribution in [2.45, 2.75) is 26.3 Å². The summed E-state index contributed by atoms with van der Waals surface area (Å²) in [6.07, 6.45) is 0.525. The third kappa shape index (κ3) is 2.30. The second-order valence-corrected chi connectivity index (χ2v) is 4.51. The van der Waals surface area contributed by atoms with Crippen molar-refractivity contribution in [3.05, 3.63) is 28.8 Å². The average Bonchev–Trinajstić information content (AvgIpc) is 2.71. The second-order valence-electron chi connectivity index (χ2n) is 4.51. The number of nitrogens with one attached hydrogen (secondary N) is 1. The second kappa shape index (κ2) is 4.68. The van der Waals surface area contributed by atoms with Gasteiger partial charge in [0.05, 0.1) is 6.61 Å². The van der Waals surface area contributed by atoms with Gasteiger partial charge in [0.15, 0.2) is 0 Å². The topological polar surface area (TPSA) is 81.4 Å². The molecule has 0 radical (unpaired) electrons. The van der Waals surface area contributed by atoms with E-state index in [2.05, 4.69) is 5.32 Å². The summed E-state index contributed by atoms with van der Waals surface area (Å²) >= 11 is 0. The summed E-state index contributed by atoms with van der Waals surface area (Å²) in [7, 11) is 0. The van der Waals surface area contributed by atoms with E-state index in [1.54, 1.807) is 12.1 Å². The van der Waals surface area contributed by atoms with Crippen LogP contribution in [0, 0.1) is 13.8 Å². The van der Waals surface area contributed by atoms with Crippen LogP contribution in [-0.2, 0) is 9.53 Å². The molecular weight excluding hydrogens is 232 g/mol. The first-order valence-corrected chi connectivity index (χ1v) is 5.83. The SMILES string of the molecule is Cc1cc(C(=O)NC2CCOC2=O)cc(C)c1N. The summed E-state index contributed by atoms with van der Waals surface area (Å²) in [5, 5.41) is 2.66. The van der Waals surface area contributed by atoms with Gasteiger partial charge in [0, 0.05) is 17.7 Å². The van der Waals surface area contributed by atoms with Gasteiger partial charge in [-0.15, -0.1) is 0 Å². The average molecular weight is 248 g/mol. The Bertz CT molecular complexity index is 488. The highest BCUT2D eigenvalue weighted by atomic mass is 16.5. The molecule has 0 aliphatic carbocycles. The number of carbonyl (C=O) groups excluding carboxylic acids is 2. The van der Waals surface area contributed by atoms with Crippen LogP contribution in [0.2, 0.25) is 0 Å². The van der Waals surface area contributed by atoms with E-state index in [0.717, 1.165) is 11.1 Å². The lowest BCUT2D eigenvalue weighted by molar-refractivity contribution is -0.139. The molecule has 96 valence electrons. The van der Waals surface area contributed by atoms with Crippen molar-refractivity contribution in [1.29, 1.82) is 0 Å². The van der Waals surface area contributed by atoms with Crippen molar-refractivity contribution in [3.8, 4) is 0 Å². The maximum atomic E-state index is 12.0. The normalized spacial score (nSPS) is 18.6. The predicted molar refractivity (Wildman–Crippen MR) is 67.2 cm³/mol. The number of esters is 1. The molecule has 3 N–H and O–H groups in total. The van der Waals surface area contributed by atoms with Crippen molar-refractivity contribution < 1.29 is 14.3 Å². The summed E-state index contributed by atoms with van der Waals surface area (Å²) in [5.41, 5.74) is 8.74. The van der Waals surface area contributed by atoms with E-state index in [0.29, 0.717) is 24.3 Å². The van der Waals surface area contributed by atoms with Crippen LogP contribution in [0.25, 0.3) is 0 Å². The first kappa shape index (κ1) is 12.4. The van der Waals surface area contributed by atoms with E-state index in [-0.39, 0.29) is 11.9 Å². The molecule has 0 spiro atoms. The Labute approximate surface area is 105 Å². The summed E-state index contributed by atoms with van der Waals surface area (Å²) in [6, 6.07) is 2.91. The minimum Gasteiger partial charge on any atom is -0.464 e. The maximum absolute atomic E-state index is 12.0. The largest absolute Gasteiger partial charge is 0.464 e. The quantitative estimate of drug-likeness (QED) is 0.602. The molecule has 0 bridgehead atoms. The number of nitrogens with two attached hydrogens (primary N) is 1. The molecule has 1 atom stereocenters. The fourth-order valence-corrected chi connectivity index (χ4v) is 1.97. The molecule has 1 amide bonds. The Balaban J connectivity index is 2.16. The molecule has 5 heteroatoms. The first-order chi connectivity index (χ1) is 8.49. The van der Waals surface area contributed by atoms with Gasteiger partial charge >= 0.3 is 5.97 Å². The van der Waals surface area contributed by atoms with Crippen LogP contribution in [0.5, 0.6) is 0 Å². The minimum absolute atomic E-state index is 0.273. The molecule has 2 rings (SSSR count). The van der Waals surface area contributed by atoms with Crippen LogP contribution in [-0.4, -0.2) is 24.5 Å². The number of carbonyl (C=O) groups is 2. The van der Waals surface area contributed by atoms with Crippen molar-refractivity contribution in [1.82, 2.24) is 5.32 Å². The minimum atomic E-state index is -0.532. The molecule has 1 fully saturated rings. The Morgan fingerprint density at radius 2 is 2.00 bits per heavy atom. The van der Waals surface area contributed by atoms with Crippen molar-refractivity contribution >= 4 is 17.6 Å². The lowest BCUT2D eigenvalue weighted by atomic mass is 10.0. The monoisotopic (exact) mass is 248 g/mol. The third-order valence-electron chi connectivity index (χ3n) is 3.10. The van der Waals surface area contributed by atoms with E-state index in [9.17, 15) is 9.59 Å². The highest BCUT2D eigenvalue weighted by molar-refractivity contribution is 5.97. The summed E-state index contributed by atoms with van der Waals surface area (Å²) in [6.45, 7) is 4.06. The Kier molecular flexibility index (Phi) is 3.23. The van der Waals surface area contributed by atoms with Gasteiger partial charge in [0.1, 0.15) is 6.04 Å². The molecule has 0 aromatic heterocycles. The molecule has 1 saturated heterocycles. The van der Waals surface area contributed by atoms with Crippen molar-refractivity contribution in [2.75, 3.05) is 12.3 Å². The number of rotatable bonds is 2. The van der Waals surface area contributed by atoms with E-state index < -0.39 is 6.04 Å². The molecule has 1 heterocycles. The van der Waals surface area contributed by atoms with E-state index in [1.807, 2.05) is 13.8 Å². The molecule has 18 heavy (non-hydrogen) atoms. The van der Waals surface area contributed by atoms with Crippen LogP contribution < -0.4 is 11.1 Å². The smallest absolute Gasteiger partial charge is 0.328 e. The number of nitrogen functional groups attached to an aromatic ring is 1. The van der Waals surface area contributed by atoms with Gasteiger partial charge in [-0.2, -0.15) is 0 Å². The van der Waals surface area contributed by atoms with Gasteiger partial charge in [-0.25, -0.2) is 4.79 Å². The summed E-state index contributed by atoms with van der Waals surface area (Å²) in [5.74, 6) is -0.641. The summed E-state index contributed by atoms with van der Waals surface area (Å²) in [4.78, 5) is 23.3. The number of hydrogen-bond donors (Lipinski definition) is 2. The molecule has 1 aliphatic rings. The Morgan fingerprint density at radius 3 is 2.50 bits per heavy atom. The zero-order chi connectivity index (χ0) is 13.3. The lowest BCUT2D eigenvalue weighted by Crippen LogP contribution is -2.38. The number of cyclic esters (lactones) is 1. The van der Waals surface area contributed by atoms with Crippen molar-refractivity contribution in [3.63, 3.8) is 0 Å². The van der Waals surface area contributed by atoms with Gasteiger partial charge in [-0.1, -0.05) is 0 Å². The van der Waals surface area contributed by atoms with Gasteiger partial charge in [-0.3, -0.25) is 4.79 Å². The molecule has 1 unspecified atom stereocenters. The fraction of sp³-hybridized carbons (Fsp3) is 0.385.